The molecule has 0 saturated heterocycles. The number of carbonyl (C=O) groups is 1. The van der Waals surface area contributed by atoms with Crippen molar-refractivity contribution in [3.63, 3.8) is 0 Å². The van der Waals surface area contributed by atoms with Gasteiger partial charge in [-0.3, -0.25) is 9.59 Å². The number of esters is 1. The standard InChI is InChI=1S/C19H30O5/c1-2-3-4-5-6-7-8-9-10-11-12-19(22)24-14-16-13-17(20)18(21)15-23-16/h13,15,21H,2-12,14H2,1H3. The highest BCUT2D eigenvalue weighted by Gasteiger charge is 2.06. The number of hydrogen-bond donors (Lipinski definition) is 1. The van der Waals surface area contributed by atoms with Gasteiger partial charge in [0, 0.05) is 12.5 Å². The summed E-state index contributed by atoms with van der Waals surface area (Å²) in [5.74, 6) is -0.505. The second-order valence-corrected chi connectivity index (χ2v) is 6.19. The molecular weight excluding hydrogens is 308 g/mol. The Morgan fingerprint density at radius 2 is 1.62 bits per heavy atom. The Labute approximate surface area is 144 Å². The Kier molecular flexibility index (Phi) is 10.7. The molecule has 0 fully saturated rings. The van der Waals surface area contributed by atoms with E-state index in [1.54, 1.807) is 0 Å². The highest BCUT2D eigenvalue weighted by Crippen LogP contribution is 2.12. The van der Waals surface area contributed by atoms with Crippen LogP contribution < -0.4 is 5.43 Å². The number of rotatable bonds is 13. The van der Waals surface area contributed by atoms with Gasteiger partial charge in [0.1, 0.15) is 18.6 Å². The van der Waals surface area contributed by atoms with E-state index in [9.17, 15) is 9.59 Å². The summed E-state index contributed by atoms with van der Waals surface area (Å²) in [5, 5.41) is 9.07. The molecule has 1 aromatic rings. The molecule has 1 N–H and O–H groups in total. The quantitative estimate of drug-likeness (QED) is 0.417. The van der Waals surface area contributed by atoms with Crippen LogP contribution in [0.5, 0.6) is 5.75 Å². The van der Waals surface area contributed by atoms with Crippen molar-refractivity contribution in [3.8, 4) is 5.75 Å². The highest BCUT2D eigenvalue weighted by atomic mass is 16.5. The number of aromatic hydroxyl groups is 1. The Balaban J connectivity index is 1.98. The normalized spacial score (nSPS) is 10.7. The molecule has 0 bridgehead atoms. The van der Waals surface area contributed by atoms with E-state index in [4.69, 9.17) is 14.3 Å². The van der Waals surface area contributed by atoms with Crippen LogP contribution in [0.3, 0.4) is 0 Å². The molecule has 24 heavy (non-hydrogen) atoms. The fourth-order valence-corrected chi connectivity index (χ4v) is 2.50. The largest absolute Gasteiger partial charge is 0.502 e. The van der Waals surface area contributed by atoms with Crippen LogP contribution in [0.4, 0.5) is 0 Å². The molecule has 0 atom stereocenters. The second-order valence-electron chi connectivity index (χ2n) is 6.19. The van der Waals surface area contributed by atoms with Crippen molar-refractivity contribution in [2.75, 3.05) is 0 Å². The lowest BCUT2D eigenvalue weighted by Gasteiger charge is -2.04. The third kappa shape index (κ3) is 9.38. The summed E-state index contributed by atoms with van der Waals surface area (Å²) in [7, 11) is 0. The zero-order chi connectivity index (χ0) is 17.6. The average molecular weight is 338 g/mol. The summed E-state index contributed by atoms with van der Waals surface area (Å²) in [5.41, 5.74) is -0.540. The van der Waals surface area contributed by atoms with Gasteiger partial charge in [0.05, 0.1) is 0 Å². The van der Waals surface area contributed by atoms with E-state index >= 15 is 0 Å². The molecule has 5 nitrogen and oxygen atoms in total. The van der Waals surface area contributed by atoms with Crippen LogP contribution in [0.1, 0.15) is 83.3 Å². The number of hydrogen-bond acceptors (Lipinski definition) is 5. The van der Waals surface area contributed by atoms with Crippen molar-refractivity contribution < 1.29 is 19.1 Å². The van der Waals surface area contributed by atoms with Crippen LogP contribution in [-0.2, 0) is 16.1 Å². The third-order valence-corrected chi connectivity index (χ3v) is 3.98. The van der Waals surface area contributed by atoms with Crippen LogP contribution >= 0.6 is 0 Å². The van der Waals surface area contributed by atoms with Crippen LogP contribution in [-0.4, -0.2) is 11.1 Å². The molecule has 1 aromatic heterocycles. The molecule has 0 aliphatic rings. The summed E-state index contributed by atoms with van der Waals surface area (Å²) in [6.07, 6.45) is 13.5. The van der Waals surface area contributed by atoms with Gasteiger partial charge in [0.15, 0.2) is 5.75 Å². The van der Waals surface area contributed by atoms with Crippen molar-refractivity contribution in [2.45, 2.75) is 84.2 Å². The van der Waals surface area contributed by atoms with Gasteiger partial charge in [-0.2, -0.15) is 0 Å². The third-order valence-electron chi connectivity index (χ3n) is 3.98. The highest BCUT2D eigenvalue weighted by molar-refractivity contribution is 5.69. The summed E-state index contributed by atoms with van der Waals surface area (Å²) in [6.45, 7) is 2.15. The smallest absolute Gasteiger partial charge is 0.306 e. The minimum atomic E-state index is -0.540. The molecule has 0 aromatic carbocycles. The SMILES string of the molecule is CCCCCCCCCCCCC(=O)OCc1cc(=O)c(O)co1. The fraction of sp³-hybridized carbons (Fsp3) is 0.684. The molecule has 5 heteroatoms. The van der Waals surface area contributed by atoms with Gasteiger partial charge in [-0.1, -0.05) is 64.7 Å². The summed E-state index contributed by atoms with van der Waals surface area (Å²) >= 11 is 0. The van der Waals surface area contributed by atoms with E-state index in [1.165, 1.54) is 44.9 Å². The molecule has 0 saturated carbocycles. The van der Waals surface area contributed by atoms with E-state index in [0.29, 0.717) is 6.42 Å². The van der Waals surface area contributed by atoms with E-state index in [0.717, 1.165) is 31.6 Å². The Bertz CT molecular complexity index is 521. The van der Waals surface area contributed by atoms with E-state index in [1.807, 2.05) is 0 Å². The molecule has 136 valence electrons. The van der Waals surface area contributed by atoms with Gasteiger partial charge in [-0.25, -0.2) is 0 Å². The van der Waals surface area contributed by atoms with Crippen molar-refractivity contribution in [2.24, 2.45) is 0 Å². The molecule has 1 rings (SSSR count). The van der Waals surface area contributed by atoms with Gasteiger partial charge in [0.2, 0.25) is 5.43 Å². The summed E-state index contributed by atoms with van der Waals surface area (Å²) < 4.78 is 10.0. The maximum atomic E-state index is 11.6. The minimum absolute atomic E-state index is 0.0773. The summed E-state index contributed by atoms with van der Waals surface area (Å²) in [4.78, 5) is 22.8. The Hall–Kier alpha value is -1.78. The molecule has 0 aliphatic carbocycles. The van der Waals surface area contributed by atoms with E-state index in [2.05, 4.69) is 6.92 Å². The second kappa shape index (κ2) is 12.6. The van der Waals surface area contributed by atoms with Gasteiger partial charge in [-0.05, 0) is 6.42 Å². The summed E-state index contributed by atoms with van der Waals surface area (Å²) in [6, 6.07) is 1.13. The monoisotopic (exact) mass is 338 g/mol. The minimum Gasteiger partial charge on any atom is -0.502 e. The Morgan fingerprint density at radius 1 is 1.04 bits per heavy atom. The van der Waals surface area contributed by atoms with Crippen LogP contribution in [0.15, 0.2) is 21.5 Å². The average Bonchev–Trinajstić information content (AvgIpc) is 2.57. The van der Waals surface area contributed by atoms with Crippen LogP contribution in [0.25, 0.3) is 0 Å². The molecule has 0 spiro atoms. The maximum absolute atomic E-state index is 11.6. The van der Waals surface area contributed by atoms with E-state index < -0.39 is 11.2 Å². The van der Waals surface area contributed by atoms with Gasteiger partial charge in [0.25, 0.3) is 0 Å². The lowest BCUT2D eigenvalue weighted by Crippen LogP contribution is -2.06. The fourth-order valence-electron chi connectivity index (χ4n) is 2.50. The van der Waals surface area contributed by atoms with Crippen molar-refractivity contribution >= 4 is 5.97 Å². The molecule has 0 amide bonds. The van der Waals surface area contributed by atoms with Crippen LogP contribution in [0.2, 0.25) is 0 Å². The molecule has 1 heterocycles. The van der Waals surface area contributed by atoms with Gasteiger partial charge < -0.3 is 14.3 Å². The lowest BCUT2D eigenvalue weighted by molar-refractivity contribution is -0.145. The topological polar surface area (TPSA) is 76.7 Å². The first kappa shape index (κ1) is 20.3. The molecule has 0 radical (unpaired) electrons. The number of carbonyl (C=O) groups excluding carboxylic acids is 1. The molecule has 0 unspecified atom stereocenters. The van der Waals surface area contributed by atoms with Crippen molar-refractivity contribution in [1.82, 2.24) is 0 Å². The first-order valence-corrected chi connectivity index (χ1v) is 9.09. The molecular formula is C19H30O5. The number of unbranched alkanes of at least 4 members (excludes halogenated alkanes) is 9. The van der Waals surface area contributed by atoms with Gasteiger partial charge in [-0.15, -0.1) is 0 Å². The predicted molar refractivity (Wildman–Crippen MR) is 92.9 cm³/mol. The van der Waals surface area contributed by atoms with Crippen molar-refractivity contribution in [1.29, 1.82) is 0 Å². The van der Waals surface area contributed by atoms with Crippen LogP contribution in [0, 0.1) is 0 Å². The first-order valence-electron chi connectivity index (χ1n) is 9.09. The zero-order valence-corrected chi connectivity index (χ0v) is 14.7. The predicted octanol–water partition coefficient (Wildman–Crippen LogP) is 4.70. The zero-order valence-electron chi connectivity index (χ0n) is 14.7. The van der Waals surface area contributed by atoms with Crippen molar-refractivity contribution in [3.05, 3.63) is 28.3 Å². The van der Waals surface area contributed by atoms with Gasteiger partial charge >= 0.3 is 5.97 Å². The Morgan fingerprint density at radius 3 is 2.21 bits per heavy atom. The lowest BCUT2D eigenvalue weighted by atomic mass is 10.1. The first-order chi connectivity index (χ1) is 11.6. The molecule has 0 aliphatic heterocycles. The number of ether oxygens (including phenoxy) is 1. The maximum Gasteiger partial charge on any atom is 0.306 e. The van der Waals surface area contributed by atoms with E-state index in [-0.39, 0.29) is 18.3 Å².